The largest absolute Gasteiger partial charge is 0.316 e. The van der Waals surface area contributed by atoms with E-state index in [4.69, 9.17) is 0 Å². The predicted molar refractivity (Wildman–Crippen MR) is 119 cm³/mol. The molecule has 0 radical (unpaired) electrons. The van der Waals surface area contributed by atoms with Crippen LogP contribution in [0.2, 0.25) is 0 Å². The highest BCUT2D eigenvalue weighted by Gasteiger charge is 2.34. The van der Waals surface area contributed by atoms with E-state index in [9.17, 15) is 10.1 Å². The number of carbonyl (C=O) groups excluding carboxylic acids is 1. The summed E-state index contributed by atoms with van der Waals surface area (Å²) in [5, 5.41) is 14.0. The first-order chi connectivity index (χ1) is 13.7. The van der Waals surface area contributed by atoms with Crippen molar-refractivity contribution in [1.29, 1.82) is 5.26 Å². The van der Waals surface area contributed by atoms with E-state index in [1.54, 1.807) is 11.3 Å². The molecule has 29 heavy (non-hydrogen) atoms. The molecule has 2 aromatic rings. The van der Waals surface area contributed by atoms with Crippen LogP contribution in [0, 0.1) is 36.5 Å². The van der Waals surface area contributed by atoms with Gasteiger partial charge in [-0.1, -0.05) is 39.0 Å². The summed E-state index contributed by atoms with van der Waals surface area (Å²) in [6.45, 7) is 10.7. The van der Waals surface area contributed by atoms with Crippen molar-refractivity contribution in [3.8, 4) is 6.07 Å². The van der Waals surface area contributed by atoms with Crippen LogP contribution in [-0.4, -0.2) is 21.6 Å². The summed E-state index contributed by atoms with van der Waals surface area (Å²) in [4.78, 5) is 22.5. The zero-order chi connectivity index (χ0) is 21.2. The Bertz CT molecular complexity index is 938. The van der Waals surface area contributed by atoms with Crippen LogP contribution in [0.25, 0.3) is 0 Å². The molecule has 1 N–H and O–H groups in total. The second-order valence-electron chi connectivity index (χ2n) is 8.37. The third-order valence-corrected chi connectivity index (χ3v) is 7.96. The van der Waals surface area contributed by atoms with Crippen LogP contribution in [0.4, 0.5) is 5.00 Å². The summed E-state index contributed by atoms with van der Waals surface area (Å²) >= 11 is 2.90. The molecule has 0 unspecified atom stereocenters. The number of hydrogen-bond acceptors (Lipinski definition) is 6. The van der Waals surface area contributed by atoms with Crippen LogP contribution in [-0.2, 0) is 17.6 Å². The number of thiophene rings is 1. The fourth-order valence-electron chi connectivity index (χ4n) is 3.80. The Hall–Kier alpha value is -1.91. The van der Waals surface area contributed by atoms with Gasteiger partial charge >= 0.3 is 0 Å². The minimum absolute atomic E-state index is 0.127. The molecule has 7 heteroatoms. The van der Waals surface area contributed by atoms with E-state index >= 15 is 0 Å². The average molecular weight is 429 g/mol. The molecule has 0 fully saturated rings. The van der Waals surface area contributed by atoms with Crippen LogP contribution in [0.5, 0.6) is 0 Å². The van der Waals surface area contributed by atoms with E-state index in [-0.39, 0.29) is 11.7 Å². The smallest absolute Gasteiger partial charge is 0.235 e. The van der Waals surface area contributed by atoms with Crippen molar-refractivity contribution >= 4 is 34.0 Å². The van der Waals surface area contributed by atoms with E-state index in [0.717, 1.165) is 42.6 Å². The van der Waals surface area contributed by atoms with E-state index in [2.05, 4.69) is 42.1 Å². The molecular weight excluding hydrogens is 400 g/mol. The molecule has 1 atom stereocenters. The van der Waals surface area contributed by atoms with Gasteiger partial charge in [0, 0.05) is 16.3 Å². The standard InChI is InChI=1S/C22H28N4OS2/c1-6-22(4,5)15-7-8-16-17(11-23)20(29-18(16)10-15)26-19(27)12-28-21-24-13(2)9-14(3)25-21/h9,15H,6-8,10,12H2,1-5H3,(H,26,27)/t15-/m0/s1. The van der Waals surface area contributed by atoms with Crippen molar-refractivity contribution in [2.45, 2.75) is 65.5 Å². The lowest BCUT2D eigenvalue weighted by atomic mass is 9.69. The first-order valence-corrected chi connectivity index (χ1v) is 11.8. The van der Waals surface area contributed by atoms with Crippen molar-refractivity contribution < 1.29 is 4.79 Å². The number of thioether (sulfide) groups is 1. The Morgan fingerprint density at radius 1 is 1.38 bits per heavy atom. The molecule has 1 aliphatic rings. The Labute approximate surface area is 181 Å². The maximum absolute atomic E-state index is 12.5. The van der Waals surface area contributed by atoms with Crippen molar-refractivity contribution in [3.63, 3.8) is 0 Å². The normalized spacial score (nSPS) is 16.2. The highest BCUT2D eigenvalue weighted by atomic mass is 32.2. The number of nitriles is 1. The first kappa shape index (κ1) is 21.8. The van der Waals surface area contributed by atoms with E-state index in [1.807, 2.05) is 19.9 Å². The van der Waals surface area contributed by atoms with Crippen molar-refractivity contribution in [1.82, 2.24) is 9.97 Å². The summed E-state index contributed by atoms with van der Waals surface area (Å²) in [6.07, 6.45) is 4.16. The monoisotopic (exact) mass is 428 g/mol. The van der Waals surface area contributed by atoms with Gasteiger partial charge in [-0.25, -0.2) is 9.97 Å². The number of aryl methyl sites for hydroxylation is 2. The highest BCUT2D eigenvalue weighted by Crippen LogP contribution is 2.45. The quantitative estimate of drug-likeness (QED) is 0.499. The maximum Gasteiger partial charge on any atom is 0.235 e. The van der Waals surface area contributed by atoms with Gasteiger partial charge in [0.2, 0.25) is 5.91 Å². The maximum atomic E-state index is 12.5. The van der Waals surface area contributed by atoms with Crippen molar-refractivity contribution in [2.24, 2.45) is 11.3 Å². The SMILES string of the molecule is CCC(C)(C)[C@H]1CCc2c(sc(NC(=O)CSc3nc(C)cc(C)n3)c2C#N)C1. The van der Waals surface area contributed by atoms with Gasteiger partial charge in [-0.05, 0) is 56.1 Å². The third-order valence-electron chi connectivity index (χ3n) is 5.94. The molecule has 0 aromatic carbocycles. The van der Waals surface area contributed by atoms with Gasteiger partial charge in [0.05, 0.1) is 11.3 Å². The van der Waals surface area contributed by atoms with Gasteiger partial charge in [0.15, 0.2) is 5.16 Å². The van der Waals surface area contributed by atoms with Gasteiger partial charge in [-0.2, -0.15) is 5.26 Å². The lowest BCUT2D eigenvalue weighted by Crippen LogP contribution is -2.28. The molecule has 2 aromatic heterocycles. The molecule has 154 valence electrons. The minimum Gasteiger partial charge on any atom is -0.316 e. The second kappa shape index (κ2) is 8.85. The molecule has 3 rings (SSSR count). The van der Waals surface area contributed by atoms with E-state index in [0.29, 0.717) is 27.1 Å². The van der Waals surface area contributed by atoms with Crippen molar-refractivity contribution in [3.05, 3.63) is 33.5 Å². The second-order valence-corrected chi connectivity index (χ2v) is 10.4. The van der Waals surface area contributed by atoms with Crippen LogP contribution >= 0.6 is 23.1 Å². The predicted octanol–water partition coefficient (Wildman–Crippen LogP) is 5.30. The molecular formula is C22H28N4OS2. The Balaban J connectivity index is 1.70. The highest BCUT2D eigenvalue weighted by molar-refractivity contribution is 7.99. The Morgan fingerprint density at radius 2 is 2.07 bits per heavy atom. The lowest BCUT2D eigenvalue weighted by Gasteiger charge is -2.36. The Kier molecular flexibility index (Phi) is 6.65. The van der Waals surface area contributed by atoms with Crippen LogP contribution in [0.15, 0.2) is 11.2 Å². The molecule has 1 amide bonds. The van der Waals surface area contributed by atoms with Gasteiger partial charge in [0.25, 0.3) is 0 Å². The number of fused-ring (bicyclic) bond motifs is 1. The van der Waals surface area contributed by atoms with Gasteiger partial charge in [-0.15, -0.1) is 11.3 Å². The summed E-state index contributed by atoms with van der Waals surface area (Å²) in [7, 11) is 0. The molecule has 0 saturated heterocycles. The van der Waals surface area contributed by atoms with E-state index < -0.39 is 0 Å². The molecule has 0 bridgehead atoms. The van der Waals surface area contributed by atoms with E-state index in [1.165, 1.54) is 16.6 Å². The van der Waals surface area contributed by atoms with Crippen molar-refractivity contribution in [2.75, 3.05) is 11.1 Å². The summed E-state index contributed by atoms with van der Waals surface area (Å²) < 4.78 is 0. The number of aromatic nitrogens is 2. The lowest BCUT2D eigenvalue weighted by molar-refractivity contribution is -0.113. The van der Waals surface area contributed by atoms with Gasteiger partial charge in [-0.3, -0.25) is 4.79 Å². The zero-order valence-corrected chi connectivity index (χ0v) is 19.4. The molecule has 0 spiro atoms. The molecule has 0 aliphatic heterocycles. The molecule has 1 aliphatic carbocycles. The molecule has 5 nitrogen and oxygen atoms in total. The number of nitrogens with zero attached hydrogens (tertiary/aromatic N) is 3. The van der Waals surface area contributed by atoms with Crippen LogP contribution in [0.1, 0.15) is 61.0 Å². The fourth-order valence-corrected chi connectivity index (χ4v) is 5.84. The summed E-state index contributed by atoms with van der Waals surface area (Å²) in [6, 6.07) is 4.24. The molecule has 2 heterocycles. The van der Waals surface area contributed by atoms with Crippen LogP contribution in [0.3, 0.4) is 0 Å². The van der Waals surface area contributed by atoms with Crippen LogP contribution < -0.4 is 5.32 Å². The first-order valence-electron chi connectivity index (χ1n) is 10.0. The topological polar surface area (TPSA) is 78.7 Å². The zero-order valence-electron chi connectivity index (χ0n) is 17.8. The number of nitrogens with one attached hydrogen (secondary N) is 1. The average Bonchev–Trinajstić information content (AvgIpc) is 3.01. The number of rotatable bonds is 6. The number of carbonyl (C=O) groups is 1. The fraction of sp³-hybridized carbons (Fsp3) is 0.545. The number of anilines is 1. The number of hydrogen-bond donors (Lipinski definition) is 1. The summed E-state index contributed by atoms with van der Waals surface area (Å²) in [5.74, 6) is 0.714. The number of amides is 1. The molecule has 0 saturated carbocycles. The third kappa shape index (κ3) is 4.99. The summed E-state index contributed by atoms with van der Waals surface area (Å²) in [5.41, 5.74) is 3.87. The minimum atomic E-state index is -0.127. The van der Waals surface area contributed by atoms with Gasteiger partial charge < -0.3 is 5.32 Å². The Morgan fingerprint density at radius 3 is 2.69 bits per heavy atom. The van der Waals surface area contributed by atoms with Gasteiger partial charge in [0.1, 0.15) is 11.1 Å².